The Hall–Kier alpha value is -1.27. The van der Waals surface area contributed by atoms with Gasteiger partial charge in [-0.1, -0.05) is 19.9 Å². The molecule has 0 saturated heterocycles. The molecule has 21 heavy (non-hydrogen) atoms. The monoisotopic (exact) mass is 313 g/mol. The third-order valence-electron chi connectivity index (χ3n) is 3.66. The SMILES string of the molecule is CC(C)CC(C)N(C)c1cccc(S(=O)(=O)N(C)C)c1N. The predicted molar refractivity (Wildman–Crippen MR) is 89.0 cm³/mol. The highest BCUT2D eigenvalue weighted by Gasteiger charge is 2.23. The van der Waals surface area contributed by atoms with Crippen molar-refractivity contribution in [3.8, 4) is 0 Å². The summed E-state index contributed by atoms with van der Waals surface area (Å²) in [7, 11) is 1.43. The summed E-state index contributed by atoms with van der Waals surface area (Å²) in [5.74, 6) is 0.567. The second kappa shape index (κ2) is 6.66. The van der Waals surface area contributed by atoms with E-state index in [4.69, 9.17) is 5.73 Å². The molecular formula is C15H27N3O2S. The van der Waals surface area contributed by atoms with Crippen molar-refractivity contribution in [1.82, 2.24) is 4.31 Å². The maximum atomic E-state index is 12.3. The summed E-state index contributed by atoms with van der Waals surface area (Å²) >= 11 is 0. The van der Waals surface area contributed by atoms with Gasteiger partial charge in [-0.25, -0.2) is 12.7 Å². The average Bonchev–Trinajstić information content (AvgIpc) is 2.36. The Bertz CT molecular complexity index is 583. The lowest BCUT2D eigenvalue weighted by atomic mass is 10.0. The minimum atomic E-state index is -3.53. The van der Waals surface area contributed by atoms with Crippen molar-refractivity contribution in [2.24, 2.45) is 5.92 Å². The van der Waals surface area contributed by atoms with E-state index in [9.17, 15) is 8.42 Å². The predicted octanol–water partition coefficient (Wildman–Crippen LogP) is 2.39. The Morgan fingerprint density at radius 3 is 2.19 bits per heavy atom. The minimum Gasteiger partial charge on any atom is -0.396 e. The summed E-state index contributed by atoms with van der Waals surface area (Å²) in [4.78, 5) is 2.21. The lowest BCUT2D eigenvalue weighted by molar-refractivity contribution is 0.504. The topological polar surface area (TPSA) is 66.6 Å². The van der Waals surface area contributed by atoms with Crippen LogP contribution in [0.4, 0.5) is 11.4 Å². The third kappa shape index (κ3) is 3.89. The molecule has 120 valence electrons. The van der Waals surface area contributed by atoms with Crippen LogP contribution in [0.15, 0.2) is 23.1 Å². The fraction of sp³-hybridized carbons (Fsp3) is 0.600. The maximum absolute atomic E-state index is 12.3. The maximum Gasteiger partial charge on any atom is 0.244 e. The smallest absolute Gasteiger partial charge is 0.244 e. The molecule has 1 atom stereocenters. The number of nitrogens with two attached hydrogens (primary N) is 1. The molecule has 6 heteroatoms. The summed E-state index contributed by atoms with van der Waals surface area (Å²) in [6.45, 7) is 6.45. The summed E-state index contributed by atoms with van der Waals surface area (Å²) in [5.41, 5.74) is 7.19. The molecule has 0 aliphatic heterocycles. The van der Waals surface area contributed by atoms with E-state index >= 15 is 0 Å². The highest BCUT2D eigenvalue weighted by Crippen LogP contribution is 2.32. The van der Waals surface area contributed by atoms with Gasteiger partial charge in [-0.15, -0.1) is 0 Å². The molecule has 2 N–H and O–H groups in total. The largest absolute Gasteiger partial charge is 0.396 e. The van der Waals surface area contributed by atoms with Crippen molar-refractivity contribution in [1.29, 1.82) is 0 Å². The van der Waals surface area contributed by atoms with E-state index in [-0.39, 0.29) is 10.9 Å². The van der Waals surface area contributed by atoms with Crippen LogP contribution in [0.5, 0.6) is 0 Å². The molecule has 1 aromatic rings. The van der Waals surface area contributed by atoms with Crippen LogP contribution in [0.1, 0.15) is 27.2 Å². The number of benzene rings is 1. The van der Waals surface area contributed by atoms with Crippen molar-refractivity contribution >= 4 is 21.4 Å². The van der Waals surface area contributed by atoms with E-state index in [2.05, 4.69) is 20.8 Å². The standard InChI is InChI=1S/C15H27N3O2S/c1-11(2)10-12(3)18(6)13-8-7-9-14(15(13)16)21(19,20)17(4)5/h7-9,11-12H,10,16H2,1-6H3. The Morgan fingerprint density at radius 1 is 1.14 bits per heavy atom. The minimum absolute atomic E-state index is 0.161. The van der Waals surface area contributed by atoms with Crippen molar-refractivity contribution in [3.05, 3.63) is 18.2 Å². The highest BCUT2D eigenvalue weighted by molar-refractivity contribution is 7.89. The number of nitrogen functional groups attached to an aromatic ring is 1. The summed E-state index contributed by atoms with van der Waals surface area (Å²) in [5, 5.41) is 0. The Labute approximate surface area is 128 Å². The second-order valence-corrected chi connectivity index (χ2v) is 8.19. The van der Waals surface area contributed by atoms with Gasteiger partial charge in [0, 0.05) is 27.2 Å². The molecule has 0 aliphatic carbocycles. The molecule has 0 aliphatic rings. The van der Waals surface area contributed by atoms with E-state index in [1.807, 2.05) is 18.0 Å². The van der Waals surface area contributed by atoms with Gasteiger partial charge < -0.3 is 10.6 Å². The quantitative estimate of drug-likeness (QED) is 0.819. The van der Waals surface area contributed by atoms with Crippen molar-refractivity contribution in [3.63, 3.8) is 0 Å². The zero-order valence-corrected chi connectivity index (χ0v) is 14.6. The molecule has 0 fully saturated rings. The van der Waals surface area contributed by atoms with Crippen LogP contribution in [0.2, 0.25) is 0 Å². The first kappa shape index (κ1) is 17.8. The Balaban J connectivity index is 3.23. The van der Waals surface area contributed by atoms with Crippen molar-refractivity contribution in [2.45, 2.75) is 38.1 Å². The summed E-state index contributed by atoms with van der Waals surface area (Å²) < 4.78 is 25.8. The lowest BCUT2D eigenvalue weighted by Gasteiger charge is -2.30. The van der Waals surface area contributed by atoms with Crippen molar-refractivity contribution < 1.29 is 8.42 Å². The van der Waals surface area contributed by atoms with E-state index in [1.165, 1.54) is 18.4 Å². The van der Waals surface area contributed by atoms with Gasteiger partial charge in [0.2, 0.25) is 10.0 Å². The molecule has 1 aromatic carbocycles. The van der Waals surface area contributed by atoms with Gasteiger partial charge in [0.1, 0.15) is 4.90 Å². The molecular weight excluding hydrogens is 286 g/mol. The molecule has 0 spiro atoms. The molecule has 0 saturated carbocycles. The first-order valence-electron chi connectivity index (χ1n) is 7.12. The Morgan fingerprint density at radius 2 is 1.71 bits per heavy atom. The van der Waals surface area contributed by atoms with E-state index in [0.29, 0.717) is 11.6 Å². The molecule has 0 bridgehead atoms. The van der Waals surface area contributed by atoms with Gasteiger partial charge in [0.25, 0.3) is 0 Å². The molecule has 0 heterocycles. The van der Waals surface area contributed by atoms with Crippen LogP contribution < -0.4 is 10.6 Å². The number of hydrogen-bond donors (Lipinski definition) is 1. The number of hydrogen-bond acceptors (Lipinski definition) is 4. The fourth-order valence-corrected chi connectivity index (χ4v) is 3.37. The van der Waals surface area contributed by atoms with E-state index in [0.717, 1.165) is 12.1 Å². The normalized spacial score (nSPS) is 13.7. The van der Waals surface area contributed by atoms with Gasteiger partial charge in [-0.3, -0.25) is 0 Å². The van der Waals surface area contributed by atoms with E-state index < -0.39 is 10.0 Å². The van der Waals surface area contributed by atoms with Gasteiger partial charge in [-0.05, 0) is 31.4 Å². The molecule has 0 amide bonds. The van der Waals surface area contributed by atoms with Crippen LogP contribution in [0.3, 0.4) is 0 Å². The molecule has 0 radical (unpaired) electrons. The van der Waals surface area contributed by atoms with Crippen LogP contribution in [0.25, 0.3) is 0 Å². The van der Waals surface area contributed by atoms with Crippen LogP contribution in [-0.2, 0) is 10.0 Å². The van der Waals surface area contributed by atoms with E-state index in [1.54, 1.807) is 12.1 Å². The first-order valence-corrected chi connectivity index (χ1v) is 8.56. The molecule has 1 unspecified atom stereocenters. The molecule has 1 rings (SSSR count). The zero-order valence-electron chi connectivity index (χ0n) is 13.8. The highest BCUT2D eigenvalue weighted by atomic mass is 32.2. The fourth-order valence-electron chi connectivity index (χ4n) is 2.34. The number of anilines is 2. The molecule has 0 aromatic heterocycles. The Kier molecular flexibility index (Phi) is 5.64. The summed E-state index contributed by atoms with van der Waals surface area (Å²) in [6.07, 6.45) is 1.01. The van der Waals surface area contributed by atoms with Gasteiger partial charge >= 0.3 is 0 Å². The van der Waals surface area contributed by atoms with Gasteiger partial charge in [-0.2, -0.15) is 0 Å². The summed E-state index contributed by atoms with van der Waals surface area (Å²) in [6, 6.07) is 5.43. The van der Waals surface area contributed by atoms with Crippen LogP contribution in [0, 0.1) is 5.92 Å². The van der Waals surface area contributed by atoms with Gasteiger partial charge in [0.15, 0.2) is 0 Å². The zero-order chi connectivity index (χ0) is 16.4. The van der Waals surface area contributed by atoms with Crippen LogP contribution in [-0.4, -0.2) is 39.9 Å². The van der Waals surface area contributed by atoms with Crippen molar-refractivity contribution in [2.75, 3.05) is 31.8 Å². The number of sulfonamides is 1. The number of rotatable bonds is 6. The first-order chi connectivity index (χ1) is 9.59. The lowest BCUT2D eigenvalue weighted by Crippen LogP contribution is -2.31. The average molecular weight is 313 g/mol. The second-order valence-electron chi connectivity index (χ2n) is 6.07. The van der Waals surface area contributed by atoms with Gasteiger partial charge in [0.05, 0.1) is 11.4 Å². The number of para-hydroxylation sites is 1. The molecule has 5 nitrogen and oxygen atoms in total. The number of nitrogens with zero attached hydrogens (tertiary/aromatic N) is 2. The third-order valence-corrected chi connectivity index (χ3v) is 5.53. The van der Waals surface area contributed by atoms with Crippen LogP contribution >= 0.6 is 0 Å².